The van der Waals surface area contributed by atoms with Crippen LogP contribution < -0.4 is 4.74 Å². The highest BCUT2D eigenvalue weighted by atomic mass is 19.1. The number of carbonyl (C=O) groups excluding carboxylic acids is 2. The molecule has 0 atom stereocenters. The van der Waals surface area contributed by atoms with Gasteiger partial charge in [-0.05, 0) is 12.1 Å². The van der Waals surface area contributed by atoms with Crippen molar-refractivity contribution in [1.29, 1.82) is 0 Å². The van der Waals surface area contributed by atoms with E-state index in [0.29, 0.717) is 24.4 Å². The highest BCUT2D eigenvalue weighted by Gasteiger charge is 2.21. The number of amides is 1. The molecule has 0 spiro atoms. The van der Waals surface area contributed by atoms with Crippen LogP contribution in [0.3, 0.4) is 0 Å². The molecule has 1 heterocycles. The summed E-state index contributed by atoms with van der Waals surface area (Å²) in [6.07, 6.45) is 2.19. The monoisotopic (exact) mass is 334 g/mol. The second-order valence-corrected chi connectivity index (χ2v) is 5.67. The average molecular weight is 334 g/mol. The van der Waals surface area contributed by atoms with Crippen LogP contribution in [0.15, 0.2) is 36.9 Å². The minimum Gasteiger partial charge on any atom is -0.463 e. The fraction of sp³-hybridized carbons (Fsp3) is 0.444. The van der Waals surface area contributed by atoms with Crippen LogP contribution in [-0.2, 0) is 4.79 Å². The molecule has 2 rings (SSSR count). The smallest absolute Gasteiger partial charge is 0.228 e. The van der Waals surface area contributed by atoms with Gasteiger partial charge in [-0.1, -0.05) is 18.2 Å². The van der Waals surface area contributed by atoms with E-state index in [-0.39, 0.29) is 24.5 Å². The van der Waals surface area contributed by atoms with E-state index in [2.05, 4.69) is 11.5 Å². The molecule has 6 heteroatoms. The van der Waals surface area contributed by atoms with Crippen LogP contribution in [-0.4, -0.2) is 61.1 Å². The lowest BCUT2D eigenvalue weighted by Gasteiger charge is -2.34. The van der Waals surface area contributed by atoms with E-state index in [1.165, 1.54) is 6.07 Å². The van der Waals surface area contributed by atoms with Crippen molar-refractivity contribution >= 4 is 11.7 Å². The third-order valence-corrected chi connectivity index (χ3v) is 4.06. The molecular weight excluding hydrogens is 311 g/mol. The third kappa shape index (κ3) is 5.16. The van der Waals surface area contributed by atoms with Crippen LogP contribution in [0.1, 0.15) is 23.2 Å². The van der Waals surface area contributed by atoms with Gasteiger partial charge < -0.3 is 9.64 Å². The van der Waals surface area contributed by atoms with Crippen molar-refractivity contribution in [3.8, 4) is 5.75 Å². The Labute approximate surface area is 141 Å². The van der Waals surface area contributed by atoms with Crippen molar-refractivity contribution in [3.05, 3.63) is 42.5 Å². The van der Waals surface area contributed by atoms with Gasteiger partial charge in [0.05, 0.1) is 0 Å². The van der Waals surface area contributed by atoms with E-state index in [1.807, 2.05) is 6.08 Å². The summed E-state index contributed by atoms with van der Waals surface area (Å²) in [4.78, 5) is 28.5. The average Bonchev–Trinajstić information content (AvgIpc) is 2.61. The Bertz CT molecular complexity index is 583. The fourth-order valence-corrected chi connectivity index (χ4v) is 2.71. The van der Waals surface area contributed by atoms with Crippen LogP contribution in [0.25, 0.3) is 0 Å². The predicted octanol–water partition coefficient (Wildman–Crippen LogP) is 2.29. The molecule has 1 saturated heterocycles. The predicted molar refractivity (Wildman–Crippen MR) is 89.8 cm³/mol. The van der Waals surface area contributed by atoms with Gasteiger partial charge in [-0.15, -0.1) is 6.58 Å². The van der Waals surface area contributed by atoms with E-state index in [1.54, 1.807) is 23.1 Å². The normalized spacial score (nSPS) is 15.1. The summed E-state index contributed by atoms with van der Waals surface area (Å²) in [6, 6.07) is 6.37. The number of benzene rings is 1. The van der Waals surface area contributed by atoms with Gasteiger partial charge in [-0.2, -0.15) is 0 Å². The number of halogens is 1. The number of nitrogens with zero attached hydrogens (tertiary/aromatic N) is 2. The number of hydrogen-bond acceptors (Lipinski definition) is 4. The molecule has 0 N–H and O–H groups in total. The Hall–Kier alpha value is -2.21. The molecule has 130 valence electrons. The lowest BCUT2D eigenvalue weighted by Crippen LogP contribution is -2.48. The molecule has 0 saturated carbocycles. The van der Waals surface area contributed by atoms with Gasteiger partial charge >= 0.3 is 0 Å². The molecule has 1 aromatic rings. The first-order chi connectivity index (χ1) is 11.6. The number of alkyl halides is 1. The molecule has 1 aliphatic rings. The highest BCUT2D eigenvalue weighted by molar-refractivity contribution is 5.98. The molecule has 1 amide bonds. The molecule has 0 unspecified atom stereocenters. The minimum absolute atomic E-state index is 0.00207. The molecule has 1 aliphatic heterocycles. The maximum atomic E-state index is 12.2. The number of ketones is 1. The van der Waals surface area contributed by atoms with Crippen LogP contribution in [0.2, 0.25) is 0 Å². The van der Waals surface area contributed by atoms with Gasteiger partial charge in [0.15, 0.2) is 5.78 Å². The Morgan fingerprint density at radius 2 is 1.96 bits per heavy atom. The van der Waals surface area contributed by atoms with Crippen molar-refractivity contribution in [2.75, 3.05) is 39.6 Å². The first kappa shape index (κ1) is 18.1. The van der Waals surface area contributed by atoms with E-state index >= 15 is 0 Å². The third-order valence-electron chi connectivity index (χ3n) is 4.06. The summed E-state index contributed by atoms with van der Waals surface area (Å²) in [5, 5.41) is 0. The lowest BCUT2D eigenvalue weighted by molar-refractivity contribution is -0.132. The minimum atomic E-state index is -0.937. The van der Waals surface area contributed by atoms with Crippen molar-refractivity contribution in [3.63, 3.8) is 0 Å². The van der Waals surface area contributed by atoms with Crippen LogP contribution in [0, 0.1) is 0 Å². The van der Waals surface area contributed by atoms with Crippen molar-refractivity contribution in [1.82, 2.24) is 9.80 Å². The first-order valence-electron chi connectivity index (χ1n) is 8.07. The standard InChI is InChI=1S/C18H23FN2O3/c1-2-8-20-9-11-21(12-10-20)18(23)7-6-17(22)15-4-3-5-16(13-15)24-14-19/h2-5,13H,1,6-12,14H2. The van der Waals surface area contributed by atoms with Gasteiger partial charge in [0.1, 0.15) is 5.75 Å². The second kappa shape index (κ2) is 9.17. The highest BCUT2D eigenvalue weighted by Crippen LogP contribution is 2.16. The summed E-state index contributed by atoms with van der Waals surface area (Å²) in [7, 11) is 0. The molecule has 24 heavy (non-hydrogen) atoms. The summed E-state index contributed by atoms with van der Waals surface area (Å²) in [5.41, 5.74) is 0.435. The Morgan fingerprint density at radius 1 is 1.21 bits per heavy atom. The quantitative estimate of drug-likeness (QED) is 0.541. The number of rotatable bonds is 8. The van der Waals surface area contributed by atoms with Crippen molar-refractivity contribution in [2.24, 2.45) is 0 Å². The number of piperazine rings is 1. The van der Waals surface area contributed by atoms with E-state index < -0.39 is 6.86 Å². The van der Waals surface area contributed by atoms with Gasteiger partial charge in [0.2, 0.25) is 12.8 Å². The topological polar surface area (TPSA) is 49.9 Å². The molecule has 0 aliphatic carbocycles. The summed E-state index contributed by atoms with van der Waals surface area (Å²) >= 11 is 0. The van der Waals surface area contributed by atoms with Gasteiger partial charge in [-0.3, -0.25) is 14.5 Å². The number of Topliss-reactive ketones (excluding diaryl/α,β-unsaturated/α-hetero) is 1. The Balaban J connectivity index is 1.80. The maximum absolute atomic E-state index is 12.2. The molecule has 0 bridgehead atoms. The molecule has 1 fully saturated rings. The summed E-state index contributed by atoms with van der Waals surface area (Å²) in [6.45, 7) is 6.63. The van der Waals surface area contributed by atoms with Crippen molar-refractivity contribution < 1.29 is 18.7 Å². The van der Waals surface area contributed by atoms with Crippen LogP contribution >= 0.6 is 0 Å². The largest absolute Gasteiger partial charge is 0.463 e. The van der Waals surface area contributed by atoms with E-state index in [9.17, 15) is 14.0 Å². The number of ether oxygens (including phenoxy) is 1. The number of hydrogen-bond donors (Lipinski definition) is 0. The molecule has 5 nitrogen and oxygen atoms in total. The summed E-state index contributed by atoms with van der Waals surface area (Å²) in [5.74, 6) is 0.170. The van der Waals surface area contributed by atoms with Crippen LogP contribution in [0.4, 0.5) is 4.39 Å². The Kier molecular flexibility index (Phi) is 6.93. The zero-order valence-electron chi connectivity index (χ0n) is 13.7. The molecule has 0 radical (unpaired) electrons. The summed E-state index contributed by atoms with van der Waals surface area (Å²) < 4.78 is 16.9. The molecular formula is C18H23FN2O3. The van der Waals surface area contributed by atoms with Crippen molar-refractivity contribution in [2.45, 2.75) is 12.8 Å². The lowest BCUT2D eigenvalue weighted by atomic mass is 10.1. The Morgan fingerprint density at radius 3 is 2.62 bits per heavy atom. The van der Waals surface area contributed by atoms with Gasteiger partial charge in [0, 0.05) is 51.1 Å². The number of carbonyl (C=O) groups is 2. The van der Waals surface area contributed by atoms with Crippen LogP contribution in [0.5, 0.6) is 5.75 Å². The van der Waals surface area contributed by atoms with E-state index in [4.69, 9.17) is 4.74 Å². The second-order valence-electron chi connectivity index (χ2n) is 5.67. The SMILES string of the molecule is C=CCN1CCN(C(=O)CCC(=O)c2cccc(OCF)c2)CC1. The van der Waals surface area contributed by atoms with E-state index in [0.717, 1.165) is 19.6 Å². The maximum Gasteiger partial charge on any atom is 0.228 e. The first-order valence-corrected chi connectivity index (χ1v) is 8.07. The molecule has 0 aromatic heterocycles. The van der Waals surface area contributed by atoms with Gasteiger partial charge in [0.25, 0.3) is 0 Å². The van der Waals surface area contributed by atoms with Gasteiger partial charge in [-0.25, -0.2) is 4.39 Å². The zero-order valence-corrected chi connectivity index (χ0v) is 13.7. The fourth-order valence-electron chi connectivity index (χ4n) is 2.71. The molecule has 1 aromatic carbocycles. The zero-order chi connectivity index (χ0) is 17.4.